The summed E-state index contributed by atoms with van der Waals surface area (Å²) in [4.78, 5) is 13.6. The smallest absolute Gasteiger partial charge is 0.237 e. The van der Waals surface area contributed by atoms with Crippen molar-refractivity contribution in [3.05, 3.63) is 0 Å². The molecule has 1 unspecified atom stereocenters. The highest BCUT2D eigenvalue weighted by atomic mass is 16.2. The van der Waals surface area contributed by atoms with E-state index >= 15 is 0 Å². The summed E-state index contributed by atoms with van der Waals surface area (Å²) < 4.78 is 0. The lowest BCUT2D eigenvalue weighted by Crippen LogP contribution is -2.41. The van der Waals surface area contributed by atoms with Crippen molar-refractivity contribution in [1.29, 1.82) is 0 Å². The fraction of sp³-hybridized carbons (Fsp3) is 0.909. The molecule has 0 aromatic carbocycles. The van der Waals surface area contributed by atoms with Crippen LogP contribution < -0.4 is 5.32 Å². The zero-order valence-corrected chi connectivity index (χ0v) is 9.12. The standard InChI is InChI=1S/C11H20N2O/c1-8(2)11-12-7-10(14)13(11)6-5-9-3-4-9/h8-9,11-12H,3-7H2,1-2H3. The van der Waals surface area contributed by atoms with Crippen LogP contribution in [0.25, 0.3) is 0 Å². The van der Waals surface area contributed by atoms with Crippen LogP contribution in [0.15, 0.2) is 0 Å². The summed E-state index contributed by atoms with van der Waals surface area (Å²) >= 11 is 0. The topological polar surface area (TPSA) is 32.3 Å². The Balaban J connectivity index is 1.87. The zero-order valence-electron chi connectivity index (χ0n) is 9.12. The molecule has 0 radical (unpaired) electrons. The number of nitrogens with one attached hydrogen (secondary N) is 1. The molecule has 0 aromatic rings. The lowest BCUT2D eigenvalue weighted by Gasteiger charge is -2.27. The second-order valence-corrected chi connectivity index (χ2v) is 4.89. The fourth-order valence-corrected chi connectivity index (χ4v) is 2.15. The van der Waals surface area contributed by atoms with Crippen LogP contribution >= 0.6 is 0 Å². The predicted octanol–water partition coefficient (Wildman–Crippen LogP) is 1.20. The first-order chi connectivity index (χ1) is 6.68. The van der Waals surface area contributed by atoms with Gasteiger partial charge in [0.1, 0.15) is 0 Å². The van der Waals surface area contributed by atoms with Crippen LogP contribution in [0.2, 0.25) is 0 Å². The van der Waals surface area contributed by atoms with Crippen molar-refractivity contribution in [2.24, 2.45) is 11.8 Å². The van der Waals surface area contributed by atoms with Crippen molar-refractivity contribution in [3.63, 3.8) is 0 Å². The Morgan fingerprint density at radius 1 is 1.50 bits per heavy atom. The highest BCUT2D eigenvalue weighted by Crippen LogP contribution is 2.33. The van der Waals surface area contributed by atoms with Crippen LogP contribution in [-0.4, -0.2) is 30.1 Å². The highest BCUT2D eigenvalue weighted by Gasteiger charge is 2.33. The van der Waals surface area contributed by atoms with Gasteiger partial charge in [-0.05, 0) is 18.3 Å². The summed E-state index contributed by atoms with van der Waals surface area (Å²) in [7, 11) is 0. The van der Waals surface area contributed by atoms with Gasteiger partial charge in [-0.3, -0.25) is 10.1 Å². The molecule has 2 aliphatic rings. The summed E-state index contributed by atoms with van der Waals surface area (Å²) in [6.07, 6.45) is 4.24. The van der Waals surface area contributed by atoms with Crippen LogP contribution in [0, 0.1) is 11.8 Å². The van der Waals surface area contributed by atoms with E-state index in [4.69, 9.17) is 0 Å². The van der Waals surface area contributed by atoms with Gasteiger partial charge in [0.2, 0.25) is 5.91 Å². The molecule has 2 rings (SSSR count). The van der Waals surface area contributed by atoms with Gasteiger partial charge in [-0.2, -0.15) is 0 Å². The first-order valence-electron chi connectivity index (χ1n) is 5.71. The summed E-state index contributed by atoms with van der Waals surface area (Å²) in [6, 6.07) is 0. The summed E-state index contributed by atoms with van der Waals surface area (Å²) in [6.45, 7) is 5.83. The van der Waals surface area contributed by atoms with Crippen LogP contribution in [0.3, 0.4) is 0 Å². The third kappa shape index (κ3) is 2.08. The van der Waals surface area contributed by atoms with Crippen molar-refractivity contribution in [2.45, 2.75) is 39.3 Å². The Morgan fingerprint density at radius 2 is 2.21 bits per heavy atom. The van der Waals surface area contributed by atoms with E-state index in [0.29, 0.717) is 12.5 Å². The number of rotatable bonds is 4. The molecule has 1 aliphatic heterocycles. The zero-order chi connectivity index (χ0) is 10.1. The van der Waals surface area contributed by atoms with Crippen molar-refractivity contribution < 1.29 is 4.79 Å². The van der Waals surface area contributed by atoms with E-state index in [1.165, 1.54) is 19.3 Å². The Bertz CT molecular complexity index is 223. The van der Waals surface area contributed by atoms with E-state index in [1.54, 1.807) is 0 Å². The lowest BCUT2D eigenvalue weighted by atomic mass is 10.1. The fourth-order valence-electron chi connectivity index (χ4n) is 2.15. The number of hydrogen-bond donors (Lipinski definition) is 1. The molecule has 3 nitrogen and oxygen atoms in total. The van der Waals surface area contributed by atoms with Gasteiger partial charge < -0.3 is 4.90 Å². The molecular weight excluding hydrogens is 176 g/mol. The number of hydrogen-bond acceptors (Lipinski definition) is 2. The quantitative estimate of drug-likeness (QED) is 0.732. The second kappa shape index (κ2) is 3.89. The van der Waals surface area contributed by atoms with Crippen molar-refractivity contribution in [1.82, 2.24) is 10.2 Å². The molecule has 1 heterocycles. The highest BCUT2D eigenvalue weighted by molar-refractivity contribution is 5.80. The first kappa shape index (κ1) is 9.97. The molecule has 1 saturated carbocycles. The number of carbonyl (C=O) groups excluding carboxylic acids is 1. The maximum Gasteiger partial charge on any atom is 0.237 e. The minimum atomic E-state index is 0.279. The average Bonchev–Trinajstić information content (AvgIpc) is 2.87. The molecule has 2 fully saturated rings. The maximum atomic E-state index is 11.6. The van der Waals surface area contributed by atoms with E-state index in [-0.39, 0.29) is 12.1 Å². The van der Waals surface area contributed by atoms with Crippen molar-refractivity contribution in [3.8, 4) is 0 Å². The van der Waals surface area contributed by atoms with Gasteiger partial charge in [-0.25, -0.2) is 0 Å². The van der Waals surface area contributed by atoms with Gasteiger partial charge in [-0.15, -0.1) is 0 Å². The van der Waals surface area contributed by atoms with Gasteiger partial charge in [0.05, 0.1) is 12.7 Å². The third-order valence-electron chi connectivity index (χ3n) is 3.23. The summed E-state index contributed by atoms with van der Waals surface area (Å²) in [5.74, 6) is 1.71. The SMILES string of the molecule is CC(C)C1NCC(=O)N1CCC1CC1. The van der Waals surface area contributed by atoms with E-state index in [9.17, 15) is 4.79 Å². The molecule has 14 heavy (non-hydrogen) atoms. The molecule has 0 spiro atoms. The summed E-state index contributed by atoms with van der Waals surface area (Å²) in [5.41, 5.74) is 0. The van der Waals surface area contributed by atoms with Gasteiger partial charge in [0.25, 0.3) is 0 Å². The van der Waals surface area contributed by atoms with Crippen molar-refractivity contribution >= 4 is 5.91 Å². The predicted molar refractivity (Wildman–Crippen MR) is 55.7 cm³/mol. The maximum absolute atomic E-state index is 11.6. The number of nitrogens with zero attached hydrogens (tertiary/aromatic N) is 1. The third-order valence-corrected chi connectivity index (χ3v) is 3.23. The van der Waals surface area contributed by atoms with Gasteiger partial charge in [-0.1, -0.05) is 26.7 Å². The van der Waals surface area contributed by atoms with Crippen LogP contribution in [-0.2, 0) is 4.79 Å². The molecule has 1 amide bonds. The van der Waals surface area contributed by atoms with Crippen LogP contribution in [0.1, 0.15) is 33.1 Å². The Hall–Kier alpha value is -0.570. The second-order valence-electron chi connectivity index (χ2n) is 4.89. The first-order valence-corrected chi connectivity index (χ1v) is 5.71. The lowest BCUT2D eigenvalue weighted by molar-refractivity contribution is -0.128. The molecule has 1 N–H and O–H groups in total. The Kier molecular flexibility index (Phi) is 2.77. The van der Waals surface area contributed by atoms with Gasteiger partial charge in [0.15, 0.2) is 0 Å². The Labute approximate surface area is 85.8 Å². The normalized spacial score (nSPS) is 27.8. The van der Waals surface area contributed by atoms with Crippen molar-refractivity contribution in [2.75, 3.05) is 13.1 Å². The van der Waals surface area contributed by atoms with Gasteiger partial charge >= 0.3 is 0 Å². The summed E-state index contributed by atoms with van der Waals surface area (Å²) in [5, 5.41) is 3.28. The minimum Gasteiger partial charge on any atom is -0.326 e. The molecule has 1 atom stereocenters. The van der Waals surface area contributed by atoms with Crippen LogP contribution in [0.5, 0.6) is 0 Å². The monoisotopic (exact) mass is 196 g/mol. The van der Waals surface area contributed by atoms with Crippen LogP contribution in [0.4, 0.5) is 0 Å². The number of amides is 1. The average molecular weight is 196 g/mol. The van der Waals surface area contributed by atoms with E-state index in [1.807, 2.05) is 4.90 Å². The molecule has 0 bridgehead atoms. The van der Waals surface area contributed by atoms with E-state index in [2.05, 4.69) is 19.2 Å². The molecule has 0 aromatic heterocycles. The molecular formula is C11H20N2O. The minimum absolute atomic E-state index is 0.279. The molecule has 1 saturated heterocycles. The Morgan fingerprint density at radius 3 is 2.79 bits per heavy atom. The van der Waals surface area contributed by atoms with Gasteiger partial charge in [0, 0.05) is 6.54 Å². The largest absolute Gasteiger partial charge is 0.326 e. The number of carbonyl (C=O) groups is 1. The molecule has 1 aliphatic carbocycles. The van der Waals surface area contributed by atoms with E-state index in [0.717, 1.165) is 12.5 Å². The molecule has 80 valence electrons. The van der Waals surface area contributed by atoms with E-state index < -0.39 is 0 Å². The molecule has 3 heteroatoms.